The van der Waals surface area contributed by atoms with Gasteiger partial charge in [0.15, 0.2) is 5.96 Å². The number of nitrogens with zero attached hydrogens (tertiary/aromatic N) is 2. The summed E-state index contributed by atoms with van der Waals surface area (Å²) in [5.41, 5.74) is 23.4. The van der Waals surface area contributed by atoms with Crippen LogP contribution in [-0.2, 0) is 30.3 Å². The fourth-order valence-electron chi connectivity index (χ4n) is 5.21. The Labute approximate surface area is 252 Å². The number of ether oxygens (including phenoxy) is 1. The molecule has 0 saturated carbocycles. The Morgan fingerprint density at radius 3 is 2.40 bits per heavy atom. The minimum atomic E-state index is -1.19. The number of amides is 3. The molecule has 0 unspecified atom stereocenters. The van der Waals surface area contributed by atoms with E-state index in [1.807, 2.05) is 30.3 Å². The Hall–Kier alpha value is -3.75. The first-order chi connectivity index (χ1) is 20.6. The van der Waals surface area contributed by atoms with Crippen molar-refractivity contribution in [3.63, 3.8) is 0 Å². The van der Waals surface area contributed by atoms with Crippen LogP contribution in [0, 0.1) is 0 Å². The van der Waals surface area contributed by atoms with Crippen molar-refractivity contribution in [2.24, 2.45) is 27.9 Å². The number of likely N-dealkylation sites (tertiary alicyclic amines) is 1. The van der Waals surface area contributed by atoms with Crippen LogP contribution in [0.5, 0.6) is 0 Å². The van der Waals surface area contributed by atoms with E-state index in [1.165, 1.54) is 7.11 Å². The molecule has 1 saturated heterocycles. The van der Waals surface area contributed by atoms with Crippen molar-refractivity contribution >= 4 is 29.7 Å². The number of hydrogen-bond donors (Lipinski definition) is 7. The zero-order valence-corrected chi connectivity index (χ0v) is 25.0. The summed E-state index contributed by atoms with van der Waals surface area (Å²) < 4.78 is 5.65. The highest BCUT2D eigenvalue weighted by Gasteiger charge is 2.39. The average Bonchev–Trinajstić information content (AvgIpc) is 2.98. The number of nitrogens with two attached hydrogens (primary N) is 4. The lowest BCUT2D eigenvalue weighted by Crippen LogP contribution is -2.59. The van der Waals surface area contributed by atoms with E-state index >= 15 is 0 Å². The summed E-state index contributed by atoms with van der Waals surface area (Å²) in [5.74, 6) is -2.61. The van der Waals surface area contributed by atoms with Gasteiger partial charge in [-0.05, 0) is 63.5 Å². The second-order valence-corrected chi connectivity index (χ2v) is 10.8. The molecule has 43 heavy (non-hydrogen) atoms. The highest BCUT2D eigenvalue weighted by Crippen LogP contribution is 2.24. The molecule has 14 heteroatoms. The highest BCUT2D eigenvalue weighted by atomic mass is 16.5. The monoisotopic (exact) mass is 604 g/mol. The summed E-state index contributed by atoms with van der Waals surface area (Å²) in [6.07, 6.45) is 3.05. The topological polar surface area (TPSA) is 241 Å². The maximum Gasteiger partial charge on any atom is 0.326 e. The zero-order valence-electron chi connectivity index (χ0n) is 25.0. The number of methoxy groups -OCH3 is 1. The minimum Gasteiger partial charge on any atom is -0.480 e. The van der Waals surface area contributed by atoms with Crippen molar-refractivity contribution < 1.29 is 29.0 Å². The molecular formula is C29H48N8O6. The molecule has 240 valence electrons. The number of piperidine rings is 1. The van der Waals surface area contributed by atoms with Crippen LogP contribution in [0.2, 0.25) is 0 Å². The van der Waals surface area contributed by atoms with E-state index in [2.05, 4.69) is 15.6 Å². The molecule has 1 fully saturated rings. The molecule has 14 nitrogen and oxygen atoms in total. The second-order valence-electron chi connectivity index (χ2n) is 10.8. The number of aliphatic imine (C=N–C) groups is 1. The summed E-state index contributed by atoms with van der Waals surface area (Å²) in [4.78, 5) is 57.3. The van der Waals surface area contributed by atoms with Crippen LogP contribution >= 0.6 is 0 Å². The first-order valence-corrected chi connectivity index (χ1v) is 14.8. The molecule has 0 radical (unpaired) electrons. The predicted molar refractivity (Wildman–Crippen MR) is 163 cm³/mol. The molecule has 2 rings (SSSR count). The first-order valence-electron chi connectivity index (χ1n) is 14.8. The van der Waals surface area contributed by atoms with Crippen molar-refractivity contribution in [3.05, 3.63) is 35.9 Å². The van der Waals surface area contributed by atoms with Crippen LogP contribution in [0.4, 0.5) is 0 Å². The smallest absolute Gasteiger partial charge is 0.326 e. The van der Waals surface area contributed by atoms with Gasteiger partial charge in [0.1, 0.15) is 12.1 Å². The molecule has 1 aliphatic rings. The van der Waals surface area contributed by atoms with Gasteiger partial charge in [0.25, 0.3) is 0 Å². The summed E-state index contributed by atoms with van der Waals surface area (Å²) >= 11 is 0. The summed E-state index contributed by atoms with van der Waals surface area (Å²) in [5, 5.41) is 15.0. The Balaban J connectivity index is 2.16. The van der Waals surface area contributed by atoms with E-state index in [1.54, 1.807) is 4.90 Å². The molecule has 0 aromatic heterocycles. The van der Waals surface area contributed by atoms with Crippen molar-refractivity contribution in [1.29, 1.82) is 0 Å². The van der Waals surface area contributed by atoms with Crippen LogP contribution in [-0.4, -0.2) is 96.7 Å². The maximum atomic E-state index is 13.9. The SMILES string of the molecule is CO[C@H]1CCCN(C(=O)[C@H](CCCCN)NC(=O)[C@@H](N)Cc2ccccc2)[C@H]1CC(=O)N[C@@H](CCCN=C(N)N)C(=O)O. The molecular weight excluding hydrogens is 556 g/mol. The molecule has 1 aromatic carbocycles. The largest absolute Gasteiger partial charge is 0.480 e. The zero-order chi connectivity index (χ0) is 31.8. The summed E-state index contributed by atoms with van der Waals surface area (Å²) in [6, 6.07) is 5.83. The maximum absolute atomic E-state index is 13.9. The fourth-order valence-corrected chi connectivity index (χ4v) is 5.21. The van der Waals surface area contributed by atoms with E-state index in [9.17, 15) is 24.3 Å². The number of nitrogens with one attached hydrogen (secondary N) is 2. The van der Waals surface area contributed by atoms with E-state index in [0.29, 0.717) is 58.0 Å². The number of hydrogen-bond acceptors (Lipinski definition) is 8. The van der Waals surface area contributed by atoms with E-state index in [0.717, 1.165) is 5.56 Å². The molecule has 1 aromatic rings. The molecule has 11 N–H and O–H groups in total. The van der Waals surface area contributed by atoms with Crippen LogP contribution in [0.15, 0.2) is 35.3 Å². The van der Waals surface area contributed by atoms with E-state index < -0.39 is 48.1 Å². The van der Waals surface area contributed by atoms with Crippen molar-refractivity contribution in [2.75, 3.05) is 26.7 Å². The van der Waals surface area contributed by atoms with Crippen molar-refractivity contribution in [2.45, 2.75) is 88.1 Å². The average molecular weight is 605 g/mol. The molecule has 0 bridgehead atoms. The highest BCUT2D eigenvalue weighted by molar-refractivity contribution is 5.90. The quantitative estimate of drug-likeness (QED) is 0.0624. The Bertz CT molecular complexity index is 1070. The van der Waals surface area contributed by atoms with Gasteiger partial charge >= 0.3 is 5.97 Å². The van der Waals surface area contributed by atoms with Gasteiger partial charge in [-0.15, -0.1) is 0 Å². The van der Waals surface area contributed by atoms with Gasteiger partial charge in [-0.2, -0.15) is 0 Å². The Morgan fingerprint density at radius 2 is 1.77 bits per heavy atom. The molecule has 3 amide bonds. The molecule has 1 heterocycles. The lowest BCUT2D eigenvalue weighted by atomic mass is 9.93. The molecule has 1 aliphatic heterocycles. The number of rotatable bonds is 18. The number of aliphatic carboxylic acids is 1. The number of guanidine groups is 1. The van der Waals surface area contributed by atoms with Crippen molar-refractivity contribution in [3.8, 4) is 0 Å². The van der Waals surface area contributed by atoms with Crippen LogP contribution in [0.1, 0.15) is 56.9 Å². The van der Waals surface area contributed by atoms with Crippen LogP contribution in [0.3, 0.4) is 0 Å². The lowest BCUT2D eigenvalue weighted by molar-refractivity contribution is -0.147. The van der Waals surface area contributed by atoms with Gasteiger partial charge < -0.3 is 48.3 Å². The molecule has 0 aliphatic carbocycles. The number of carboxylic acid groups (broad SMARTS) is 1. The van der Waals surface area contributed by atoms with Gasteiger partial charge in [0.2, 0.25) is 17.7 Å². The van der Waals surface area contributed by atoms with Gasteiger partial charge in [0.05, 0.1) is 18.2 Å². The normalized spacial score (nSPS) is 18.6. The number of unbranched alkanes of at least 4 members (excludes halogenated alkanes) is 1. The second kappa shape index (κ2) is 18.7. The number of carbonyl (C=O) groups is 4. The fraction of sp³-hybridized carbons (Fsp3) is 0.621. The third-order valence-corrected chi connectivity index (χ3v) is 7.47. The van der Waals surface area contributed by atoms with Gasteiger partial charge in [-0.25, -0.2) is 4.79 Å². The van der Waals surface area contributed by atoms with Gasteiger partial charge in [0, 0.05) is 26.6 Å². The van der Waals surface area contributed by atoms with Crippen LogP contribution in [0.25, 0.3) is 0 Å². The third-order valence-electron chi connectivity index (χ3n) is 7.47. The van der Waals surface area contributed by atoms with Crippen molar-refractivity contribution in [1.82, 2.24) is 15.5 Å². The van der Waals surface area contributed by atoms with Crippen LogP contribution < -0.4 is 33.6 Å². The number of benzene rings is 1. The minimum absolute atomic E-state index is 0.0979. The number of carboxylic acids is 1. The number of carbonyl (C=O) groups excluding carboxylic acids is 3. The molecule has 0 spiro atoms. The standard InChI is InChI=1S/C29H48N8O6/c1-43-24-13-8-16-37(23(24)18-25(38)35-22(28(41)42)12-7-15-34-29(32)33)27(40)21(11-5-6-14-30)36-26(39)20(31)17-19-9-3-2-4-10-19/h2-4,9-10,20-24H,5-8,11-18,30-31H2,1H3,(H,35,38)(H,36,39)(H,41,42)(H4,32,33,34)/t20-,21-,22-,23-,24-/m0/s1. The van der Waals surface area contributed by atoms with E-state index in [4.69, 9.17) is 27.7 Å². The molecule has 5 atom stereocenters. The van der Waals surface area contributed by atoms with Gasteiger partial charge in [-0.1, -0.05) is 30.3 Å². The van der Waals surface area contributed by atoms with Gasteiger partial charge in [-0.3, -0.25) is 19.4 Å². The Kier molecular flexibility index (Phi) is 15.4. The lowest BCUT2D eigenvalue weighted by Gasteiger charge is -2.42. The predicted octanol–water partition coefficient (Wildman–Crippen LogP) is -0.811. The third kappa shape index (κ3) is 12.2. The summed E-state index contributed by atoms with van der Waals surface area (Å²) in [7, 11) is 1.51. The first kappa shape index (κ1) is 35.4. The van der Waals surface area contributed by atoms with E-state index in [-0.39, 0.29) is 31.3 Å². The summed E-state index contributed by atoms with van der Waals surface area (Å²) in [6.45, 7) is 1.03. The Morgan fingerprint density at radius 1 is 1.07 bits per heavy atom.